The number of alkyl halides is 1. The van der Waals surface area contributed by atoms with E-state index in [0.29, 0.717) is 0 Å². The third kappa shape index (κ3) is 2.43. The molecule has 0 aromatic rings. The number of aliphatic hydroxyl groups is 2. The van der Waals surface area contributed by atoms with Crippen LogP contribution in [0.25, 0.3) is 0 Å². The molecule has 1 rings (SSSR count). The van der Waals surface area contributed by atoms with Crippen molar-refractivity contribution in [3.05, 3.63) is 35.6 Å². The van der Waals surface area contributed by atoms with Crippen molar-refractivity contribution < 1.29 is 24.5 Å². The molecular weight excluding hydrogens is 191 g/mol. The Hall–Kier alpha value is -1.62. The number of carboxylic acid groups (broad SMARTS) is 1. The van der Waals surface area contributed by atoms with E-state index in [-0.39, 0.29) is 5.57 Å². The van der Waals surface area contributed by atoms with Crippen molar-refractivity contribution in [2.45, 2.75) is 12.3 Å². The highest BCUT2D eigenvalue weighted by Gasteiger charge is 2.33. The van der Waals surface area contributed by atoms with E-state index in [2.05, 4.69) is 0 Å². The molecule has 76 valence electrons. The smallest absolute Gasteiger partial charge is 0.328 e. The summed E-state index contributed by atoms with van der Waals surface area (Å²) in [7, 11) is 0. The predicted octanol–water partition coefficient (Wildman–Crippen LogP) is 1.06. The summed E-state index contributed by atoms with van der Waals surface area (Å²) >= 11 is 0. The maximum absolute atomic E-state index is 13.1. The molecule has 0 heterocycles. The van der Waals surface area contributed by atoms with Gasteiger partial charge in [0.05, 0.1) is 0 Å². The van der Waals surface area contributed by atoms with Crippen molar-refractivity contribution in [2.24, 2.45) is 0 Å². The van der Waals surface area contributed by atoms with Crippen LogP contribution in [-0.2, 0) is 4.79 Å². The summed E-state index contributed by atoms with van der Waals surface area (Å²) in [5.74, 6) is -4.73. The quantitative estimate of drug-likeness (QED) is 0.582. The van der Waals surface area contributed by atoms with E-state index < -0.39 is 24.0 Å². The zero-order chi connectivity index (χ0) is 10.8. The fraction of sp³-hybridized carbons (Fsp3) is 0.222. The molecule has 1 unspecified atom stereocenters. The lowest BCUT2D eigenvalue weighted by Gasteiger charge is -2.21. The summed E-state index contributed by atoms with van der Waals surface area (Å²) in [4.78, 5) is 10.1. The highest BCUT2D eigenvalue weighted by atomic mass is 19.2. The molecule has 4 nitrogen and oxygen atoms in total. The van der Waals surface area contributed by atoms with Crippen LogP contribution < -0.4 is 0 Å². The highest BCUT2D eigenvalue weighted by molar-refractivity contribution is 5.80. The number of aliphatic hydroxyl groups excluding tert-OH is 1. The van der Waals surface area contributed by atoms with Gasteiger partial charge in [-0.15, -0.1) is 0 Å². The maximum Gasteiger partial charge on any atom is 0.328 e. The van der Waals surface area contributed by atoms with Gasteiger partial charge in [-0.1, -0.05) is 12.2 Å². The minimum Gasteiger partial charge on any atom is -0.506 e. The van der Waals surface area contributed by atoms with Crippen molar-refractivity contribution in [3.8, 4) is 0 Å². The number of hydrogen-bond donors (Lipinski definition) is 3. The molecule has 0 aromatic carbocycles. The Kier molecular flexibility index (Phi) is 2.71. The van der Waals surface area contributed by atoms with Gasteiger partial charge in [0.1, 0.15) is 0 Å². The second-order valence-corrected chi connectivity index (χ2v) is 2.90. The van der Waals surface area contributed by atoms with Gasteiger partial charge >= 0.3 is 5.97 Å². The van der Waals surface area contributed by atoms with Gasteiger partial charge in [-0.3, -0.25) is 0 Å². The van der Waals surface area contributed by atoms with Crippen LogP contribution in [0.5, 0.6) is 0 Å². The Morgan fingerprint density at radius 2 is 2.21 bits per heavy atom. The number of aliphatic carboxylic acids is 1. The first-order valence-electron chi connectivity index (χ1n) is 3.84. The molecule has 0 radical (unpaired) electrons. The molecule has 0 amide bonds. The van der Waals surface area contributed by atoms with Crippen LogP contribution in [0.4, 0.5) is 4.39 Å². The van der Waals surface area contributed by atoms with Crippen LogP contribution in [-0.4, -0.2) is 27.1 Å². The van der Waals surface area contributed by atoms with Gasteiger partial charge in [0.25, 0.3) is 5.85 Å². The van der Waals surface area contributed by atoms with Crippen LogP contribution in [0.1, 0.15) is 6.42 Å². The number of carboxylic acids is 1. The molecule has 0 fully saturated rings. The second-order valence-electron chi connectivity index (χ2n) is 2.90. The molecule has 0 aliphatic heterocycles. The van der Waals surface area contributed by atoms with Gasteiger partial charge in [0, 0.05) is 12.5 Å². The van der Waals surface area contributed by atoms with Crippen molar-refractivity contribution >= 4 is 5.97 Å². The van der Waals surface area contributed by atoms with Crippen molar-refractivity contribution in [3.63, 3.8) is 0 Å². The normalized spacial score (nSPS) is 27.3. The number of carbonyl (C=O) groups is 1. The average molecular weight is 200 g/mol. The zero-order valence-corrected chi connectivity index (χ0v) is 7.14. The first kappa shape index (κ1) is 10.5. The molecule has 1 aliphatic rings. The van der Waals surface area contributed by atoms with Gasteiger partial charge in [-0.2, -0.15) is 0 Å². The lowest BCUT2D eigenvalue weighted by molar-refractivity contribution is -0.131. The van der Waals surface area contributed by atoms with E-state index in [0.717, 1.165) is 18.2 Å². The summed E-state index contributed by atoms with van der Waals surface area (Å²) in [5, 5.41) is 26.1. The summed E-state index contributed by atoms with van der Waals surface area (Å²) in [6, 6.07) is 0. The lowest BCUT2D eigenvalue weighted by Crippen LogP contribution is -2.27. The van der Waals surface area contributed by atoms with Crippen LogP contribution in [0.3, 0.4) is 0 Å². The first-order chi connectivity index (χ1) is 6.42. The highest BCUT2D eigenvalue weighted by Crippen LogP contribution is 2.29. The summed E-state index contributed by atoms with van der Waals surface area (Å²) in [5.41, 5.74) is 0.287. The van der Waals surface area contributed by atoms with Gasteiger partial charge in [0.15, 0.2) is 5.76 Å². The van der Waals surface area contributed by atoms with Gasteiger partial charge in [-0.25, -0.2) is 9.18 Å². The second kappa shape index (κ2) is 3.63. The molecule has 1 atom stereocenters. The molecular formula is C9H9FO4. The van der Waals surface area contributed by atoms with E-state index >= 15 is 0 Å². The molecule has 0 bridgehead atoms. The maximum atomic E-state index is 13.1. The molecule has 0 saturated carbocycles. The molecule has 14 heavy (non-hydrogen) atoms. The Balaban J connectivity index is 2.81. The van der Waals surface area contributed by atoms with Crippen LogP contribution in [0.15, 0.2) is 35.6 Å². The number of halogens is 1. The fourth-order valence-electron chi connectivity index (χ4n) is 1.03. The van der Waals surface area contributed by atoms with Gasteiger partial charge in [-0.05, 0) is 11.6 Å². The van der Waals surface area contributed by atoms with Crippen molar-refractivity contribution in [1.29, 1.82) is 0 Å². The van der Waals surface area contributed by atoms with Gasteiger partial charge in [0.2, 0.25) is 0 Å². The molecule has 0 saturated heterocycles. The van der Waals surface area contributed by atoms with E-state index in [1.165, 1.54) is 6.08 Å². The van der Waals surface area contributed by atoms with Gasteiger partial charge < -0.3 is 15.3 Å². The van der Waals surface area contributed by atoms with E-state index in [1.807, 2.05) is 0 Å². The molecule has 0 aromatic heterocycles. The average Bonchev–Trinajstić information content (AvgIpc) is 2.07. The standard InChI is InChI=1S/C9H9FO4/c10-9(14)5-6(1-3-7(9)11)2-4-8(12)13/h1-4,11,14H,5H2,(H,12,13)/b4-2+. The lowest BCUT2D eigenvalue weighted by atomic mass is 9.99. The van der Waals surface area contributed by atoms with Crippen LogP contribution in [0, 0.1) is 0 Å². The molecule has 1 aliphatic carbocycles. The number of hydrogen-bond acceptors (Lipinski definition) is 3. The monoisotopic (exact) mass is 200 g/mol. The third-order valence-corrected chi connectivity index (χ3v) is 1.73. The Morgan fingerprint density at radius 3 is 2.71 bits per heavy atom. The van der Waals surface area contributed by atoms with Crippen LogP contribution >= 0.6 is 0 Å². The van der Waals surface area contributed by atoms with Crippen LogP contribution in [0.2, 0.25) is 0 Å². The van der Waals surface area contributed by atoms with Crippen molar-refractivity contribution in [2.75, 3.05) is 0 Å². The number of allylic oxidation sites excluding steroid dienone is 3. The third-order valence-electron chi connectivity index (χ3n) is 1.73. The topological polar surface area (TPSA) is 77.8 Å². The first-order valence-corrected chi connectivity index (χ1v) is 3.84. The zero-order valence-electron chi connectivity index (χ0n) is 7.14. The molecule has 0 spiro atoms. The minimum atomic E-state index is -2.80. The van der Waals surface area contributed by atoms with E-state index in [1.54, 1.807) is 0 Å². The Labute approximate surface area is 79.3 Å². The largest absolute Gasteiger partial charge is 0.506 e. The van der Waals surface area contributed by atoms with E-state index in [9.17, 15) is 9.18 Å². The molecule has 3 N–H and O–H groups in total. The Morgan fingerprint density at radius 1 is 1.57 bits per heavy atom. The van der Waals surface area contributed by atoms with E-state index in [4.69, 9.17) is 15.3 Å². The minimum absolute atomic E-state index is 0.287. The predicted molar refractivity (Wildman–Crippen MR) is 46.2 cm³/mol. The summed E-state index contributed by atoms with van der Waals surface area (Å²) in [6.07, 6.45) is 3.86. The Bertz CT molecular complexity index is 339. The molecule has 5 heteroatoms. The summed E-state index contributed by atoms with van der Waals surface area (Å²) < 4.78 is 13.1. The van der Waals surface area contributed by atoms with Crippen molar-refractivity contribution in [1.82, 2.24) is 0 Å². The number of rotatable bonds is 2. The summed E-state index contributed by atoms with van der Waals surface area (Å²) in [6.45, 7) is 0. The fourth-order valence-corrected chi connectivity index (χ4v) is 1.03. The SMILES string of the molecule is O=C(O)/C=C/C1=CC=C(O)C(O)(F)C1.